The SMILES string of the molecule is CCCc1nn(C2CCS(=O)(=O)C2)c(N)c1C#N. The summed E-state index contributed by atoms with van der Waals surface area (Å²) in [6.07, 6.45) is 2.07. The molecule has 1 saturated heterocycles. The van der Waals surface area contributed by atoms with E-state index in [0.29, 0.717) is 29.9 Å². The van der Waals surface area contributed by atoms with Crippen LogP contribution in [0.1, 0.15) is 37.1 Å². The molecule has 0 spiro atoms. The van der Waals surface area contributed by atoms with E-state index in [4.69, 9.17) is 11.0 Å². The van der Waals surface area contributed by atoms with Crippen LogP contribution in [0.5, 0.6) is 0 Å². The molecule has 2 rings (SSSR count). The Balaban J connectivity index is 2.38. The van der Waals surface area contributed by atoms with Crippen molar-refractivity contribution < 1.29 is 8.42 Å². The molecule has 18 heavy (non-hydrogen) atoms. The van der Waals surface area contributed by atoms with E-state index in [1.54, 1.807) is 0 Å². The number of hydrogen-bond acceptors (Lipinski definition) is 5. The third-order valence-electron chi connectivity index (χ3n) is 3.17. The third-order valence-corrected chi connectivity index (χ3v) is 4.92. The highest BCUT2D eigenvalue weighted by Gasteiger charge is 2.32. The van der Waals surface area contributed by atoms with Gasteiger partial charge in [0.25, 0.3) is 0 Å². The summed E-state index contributed by atoms with van der Waals surface area (Å²) in [4.78, 5) is 0. The molecule has 1 aromatic heterocycles. The van der Waals surface area contributed by atoms with Crippen molar-refractivity contribution in [3.05, 3.63) is 11.3 Å². The molecule has 1 aliphatic rings. The number of nitrogen functional groups attached to an aromatic ring is 1. The number of nitriles is 1. The summed E-state index contributed by atoms with van der Waals surface area (Å²) >= 11 is 0. The van der Waals surface area contributed by atoms with Gasteiger partial charge in [-0.25, -0.2) is 13.1 Å². The quantitative estimate of drug-likeness (QED) is 0.867. The molecular weight excluding hydrogens is 252 g/mol. The van der Waals surface area contributed by atoms with Gasteiger partial charge in [0, 0.05) is 0 Å². The van der Waals surface area contributed by atoms with Crippen molar-refractivity contribution in [3.8, 4) is 6.07 Å². The van der Waals surface area contributed by atoms with Crippen molar-refractivity contribution in [2.45, 2.75) is 32.2 Å². The third kappa shape index (κ3) is 2.20. The number of sulfone groups is 1. The maximum atomic E-state index is 11.5. The van der Waals surface area contributed by atoms with Gasteiger partial charge in [-0.05, 0) is 12.8 Å². The van der Waals surface area contributed by atoms with Gasteiger partial charge in [0.1, 0.15) is 17.5 Å². The van der Waals surface area contributed by atoms with Gasteiger partial charge in [0.05, 0.1) is 23.2 Å². The lowest BCUT2D eigenvalue weighted by Gasteiger charge is -2.09. The summed E-state index contributed by atoms with van der Waals surface area (Å²) in [5.74, 6) is 0.528. The highest BCUT2D eigenvalue weighted by Crippen LogP contribution is 2.28. The predicted molar refractivity (Wildman–Crippen MR) is 67.7 cm³/mol. The molecule has 2 heterocycles. The second kappa shape index (κ2) is 4.61. The minimum atomic E-state index is -2.98. The predicted octanol–water partition coefficient (Wildman–Crippen LogP) is 0.649. The van der Waals surface area contributed by atoms with Crippen molar-refractivity contribution in [1.29, 1.82) is 5.26 Å². The zero-order valence-electron chi connectivity index (χ0n) is 10.3. The number of aryl methyl sites for hydroxylation is 1. The van der Waals surface area contributed by atoms with Crippen molar-refractivity contribution in [1.82, 2.24) is 9.78 Å². The molecule has 7 heteroatoms. The molecule has 0 bridgehead atoms. The minimum Gasteiger partial charge on any atom is -0.383 e. The Morgan fingerprint density at radius 2 is 2.33 bits per heavy atom. The van der Waals surface area contributed by atoms with Crippen molar-refractivity contribution in [3.63, 3.8) is 0 Å². The molecule has 1 aliphatic heterocycles. The van der Waals surface area contributed by atoms with Gasteiger partial charge in [0.15, 0.2) is 9.84 Å². The van der Waals surface area contributed by atoms with Crippen LogP contribution >= 0.6 is 0 Å². The van der Waals surface area contributed by atoms with Crippen LogP contribution < -0.4 is 5.73 Å². The van der Waals surface area contributed by atoms with E-state index in [-0.39, 0.29) is 17.5 Å². The lowest BCUT2D eigenvalue weighted by molar-refractivity contribution is 0.501. The minimum absolute atomic E-state index is 0.0648. The molecule has 1 atom stereocenters. The van der Waals surface area contributed by atoms with E-state index in [1.807, 2.05) is 6.92 Å². The molecular formula is C11H16N4O2S. The molecule has 1 fully saturated rings. The first kappa shape index (κ1) is 12.9. The van der Waals surface area contributed by atoms with Crippen LogP contribution in [0.3, 0.4) is 0 Å². The average molecular weight is 268 g/mol. The summed E-state index contributed by atoms with van der Waals surface area (Å²) in [5, 5.41) is 13.4. The topological polar surface area (TPSA) is 102 Å². The summed E-state index contributed by atoms with van der Waals surface area (Å²) in [7, 11) is -2.98. The normalized spacial score (nSPS) is 21.9. The Morgan fingerprint density at radius 3 is 2.83 bits per heavy atom. The van der Waals surface area contributed by atoms with Gasteiger partial charge < -0.3 is 5.73 Å². The smallest absolute Gasteiger partial charge is 0.152 e. The number of nitrogens with two attached hydrogens (primary N) is 1. The van der Waals surface area contributed by atoms with Gasteiger partial charge in [-0.1, -0.05) is 13.3 Å². The van der Waals surface area contributed by atoms with Crippen LogP contribution in [-0.2, 0) is 16.3 Å². The molecule has 1 aromatic rings. The molecule has 0 amide bonds. The number of anilines is 1. The van der Waals surface area contributed by atoms with E-state index in [1.165, 1.54) is 4.68 Å². The largest absolute Gasteiger partial charge is 0.383 e. The highest BCUT2D eigenvalue weighted by atomic mass is 32.2. The molecule has 0 aromatic carbocycles. The average Bonchev–Trinajstić information content (AvgIpc) is 2.80. The monoisotopic (exact) mass is 268 g/mol. The molecule has 98 valence electrons. The van der Waals surface area contributed by atoms with Crippen LogP contribution in [0.15, 0.2) is 0 Å². The fourth-order valence-electron chi connectivity index (χ4n) is 2.28. The lowest BCUT2D eigenvalue weighted by atomic mass is 10.1. The first-order valence-electron chi connectivity index (χ1n) is 5.96. The van der Waals surface area contributed by atoms with Crippen LogP contribution in [-0.4, -0.2) is 29.7 Å². The molecule has 0 radical (unpaired) electrons. The Hall–Kier alpha value is -1.55. The fraction of sp³-hybridized carbons (Fsp3) is 0.636. The standard InChI is InChI=1S/C11H16N4O2S/c1-2-3-10-9(6-12)11(13)15(14-10)8-4-5-18(16,17)7-8/h8H,2-5,7,13H2,1H3. The van der Waals surface area contributed by atoms with E-state index in [0.717, 1.165) is 6.42 Å². The second-order valence-electron chi connectivity index (χ2n) is 4.57. The molecule has 0 saturated carbocycles. The number of nitrogens with zero attached hydrogens (tertiary/aromatic N) is 3. The first-order valence-corrected chi connectivity index (χ1v) is 7.78. The summed E-state index contributed by atoms with van der Waals surface area (Å²) in [5.41, 5.74) is 6.95. The first-order chi connectivity index (χ1) is 8.48. The number of aromatic nitrogens is 2. The van der Waals surface area contributed by atoms with Crippen LogP contribution in [0, 0.1) is 11.3 Å². The van der Waals surface area contributed by atoms with E-state index >= 15 is 0 Å². The van der Waals surface area contributed by atoms with Gasteiger partial charge in [-0.2, -0.15) is 10.4 Å². The van der Waals surface area contributed by atoms with Crippen LogP contribution in [0.2, 0.25) is 0 Å². The Morgan fingerprint density at radius 1 is 1.61 bits per heavy atom. The maximum Gasteiger partial charge on any atom is 0.152 e. The van der Waals surface area contributed by atoms with E-state index < -0.39 is 9.84 Å². The molecule has 2 N–H and O–H groups in total. The highest BCUT2D eigenvalue weighted by molar-refractivity contribution is 7.91. The summed E-state index contributed by atoms with van der Waals surface area (Å²) in [6.45, 7) is 2.00. The van der Waals surface area contributed by atoms with Crippen molar-refractivity contribution in [2.24, 2.45) is 0 Å². The molecule has 6 nitrogen and oxygen atoms in total. The second-order valence-corrected chi connectivity index (χ2v) is 6.80. The molecule has 1 unspecified atom stereocenters. The van der Waals surface area contributed by atoms with Crippen molar-refractivity contribution >= 4 is 15.7 Å². The Bertz CT molecular complexity index is 597. The van der Waals surface area contributed by atoms with E-state index in [9.17, 15) is 8.42 Å². The van der Waals surface area contributed by atoms with Gasteiger partial charge in [-0.3, -0.25) is 0 Å². The zero-order chi connectivity index (χ0) is 13.3. The number of rotatable bonds is 3. The summed E-state index contributed by atoms with van der Waals surface area (Å²) < 4.78 is 24.5. The molecule has 0 aliphatic carbocycles. The number of hydrogen-bond donors (Lipinski definition) is 1. The van der Waals surface area contributed by atoms with Crippen molar-refractivity contribution in [2.75, 3.05) is 17.2 Å². The van der Waals surface area contributed by atoms with Crippen LogP contribution in [0.4, 0.5) is 5.82 Å². The lowest BCUT2D eigenvalue weighted by Crippen LogP contribution is -2.15. The maximum absolute atomic E-state index is 11.5. The van der Waals surface area contributed by atoms with Crippen LogP contribution in [0.25, 0.3) is 0 Å². The van der Waals surface area contributed by atoms with Gasteiger partial charge in [-0.15, -0.1) is 0 Å². The van der Waals surface area contributed by atoms with Gasteiger partial charge in [0.2, 0.25) is 0 Å². The Kier molecular flexibility index (Phi) is 3.30. The van der Waals surface area contributed by atoms with Gasteiger partial charge >= 0.3 is 0 Å². The summed E-state index contributed by atoms with van der Waals surface area (Å²) in [6, 6.07) is 1.83. The van der Waals surface area contributed by atoms with E-state index in [2.05, 4.69) is 11.2 Å². The fourth-order valence-corrected chi connectivity index (χ4v) is 3.97. The zero-order valence-corrected chi connectivity index (χ0v) is 11.1. The Labute approximate surface area is 106 Å².